The molecule has 9 heteroatoms. The minimum atomic E-state index is -3.24. The highest BCUT2D eigenvalue weighted by molar-refractivity contribution is 7.89. The summed E-state index contributed by atoms with van der Waals surface area (Å²) in [6, 6.07) is 7.43. The van der Waals surface area contributed by atoms with Crippen molar-refractivity contribution in [1.29, 1.82) is 0 Å². The smallest absolute Gasteiger partial charge is 0.227 e. The summed E-state index contributed by atoms with van der Waals surface area (Å²) < 4.78 is 32.0. The predicted molar refractivity (Wildman–Crippen MR) is 118 cm³/mol. The first kappa shape index (κ1) is 23.3. The van der Waals surface area contributed by atoms with Gasteiger partial charge in [-0.05, 0) is 31.4 Å². The Morgan fingerprint density at radius 2 is 1.90 bits per heavy atom. The second kappa shape index (κ2) is 10.8. The predicted octanol–water partition coefficient (Wildman–Crippen LogP) is 2.31. The van der Waals surface area contributed by atoms with E-state index in [9.17, 15) is 13.2 Å². The van der Waals surface area contributed by atoms with Gasteiger partial charge in [0.2, 0.25) is 15.9 Å². The Bertz CT molecular complexity index is 812. The van der Waals surface area contributed by atoms with Gasteiger partial charge in [0.05, 0.1) is 16.7 Å². The van der Waals surface area contributed by atoms with Crippen molar-refractivity contribution < 1.29 is 17.9 Å². The van der Waals surface area contributed by atoms with Crippen LogP contribution in [0.15, 0.2) is 24.3 Å². The molecule has 3 rings (SSSR count). The molecule has 0 aliphatic carbocycles. The number of halogens is 1. The molecule has 2 saturated heterocycles. The third-order valence-electron chi connectivity index (χ3n) is 5.77. The van der Waals surface area contributed by atoms with Crippen molar-refractivity contribution in [3.05, 3.63) is 29.3 Å². The summed E-state index contributed by atoms with van der Waals surface area (Å²) in [5, 5.41) is 0.607. The zero-order valence-corrected chi connectivity index (χ0v) is 19.2. The normalized spacial score (nSPS) is 21.5. The molecule has 1 amide bonds. The van der Waals surface area contributed by atoms with Crippen LogP contribution in [0, 0.1) is 5.92 Å². The molecule has 1 aromatic rings. The van der Waals surface area contributed by atoms with Crippen LogP contribution in [0.5, 0.6) is 5.75 Å². The lowest BCUT2D eigenvalue weighted by atomic mass is 9.98. The van der Waals surface area contributed by atoms with Gasteiger partial charge in [0.1, 0.15) is 12.4 Å². The fourth-order valence-corrected chi connectivity index (χ4v) is 5.86. The molecule has 0 aromatic heterocycles. The van der Waals surface area contributed by atoms with Crippen LogP contribution in [-0.2, 0) is 14.8 Å². The largest absolute Gasteiger partial charge is 0.491 e. The van der Waals surface area contributed by atoms with E-state index in [1.807, 2.05) is 30.0 Å². The number of hydrogen-bond acceptors (Lipinski definition) is 5. The lowest BCUT2D eigenvalue weighted by Crippen LogP contribution is -2.53. The number of benzene rings is 1. The molecule has 30 heavy (non-hydrogen) atoms. The van der Waals surface area contributed by atoms with Crippen molar-refractivity contribution in [2.24, 2.45) is 5.92 Å². The molecule has 0 saturated carbocycles. The summed E-state index contributed by atoms with van der Waals surface area (Å²) in [7, 11) is -3.24. The number of rotatable bonds is 8. The first-order chi connectivity index (χ1) is 14.4. The third-order valence-corrected chi connectivity index (χ3v) is 8.13. The van der Waals surface area contributed by atoms with Crippen LogP contribution >= 0.6 is 11.6 Å². The van der Waals surface area contributed by atoms with E-state index in [-0.39, 0.29) is 17.6 Å². The number of amides is 1. The Balaban J connectivity index is 1.43. The van der Waals surface area contributed by atoms with Gasteiger partial charge in [-0.2, -0.15) is 0 Å². The molecule has 168 valence electrons. The third kappa shape index (κ3) is 6.09. The Labute approximate surface area is 185 Å². The molecular weight excluding hydrogens is 426 g/mol. The fourth-order valence-electron chi connectivity index (χ4n) is 4.08. The number of piperidine rings is 1. The van der Waals surface area contributed by atoms with Crippen LogP contribution in [-0.4, -0.2) is 86.6 Å². The number of carbonyl (C=O) groups is 1. The van der Waals surface area contributed by atoms with Gasteiger partial charge in [-0.25, -0.2) is 12.7 Å². The lowest BCUT2D eigenvalue weighted by Gasteiger charge is -2.38. The summed E-state index contributed by atoms with van der Waals surface area (Å²) >= 11 is 6.11. The van der Waals surface area contributed by atoms with Crippen molar-refractivity contribution in [3.8, 4) is 5.75 Å². The second-order valence-electron chi connectivity index (χ2n) is 7.96. The minimum Gasteiger partial charge on any atom is -0.491 e. The SMILES string of the molecule is CCCS(=O)(=O)N1CCCC(C(=O)N2CCN(CCOc3ccccc3Cl)CC2)C1. The number of sulfonamides is 1. The molecule has 2 fully saturated rings. The fraction of sp³-hybridized carbons (Fsp3) is 0.667. The van der Waals surface area contributed by atoms with Crippen molar-refractivity contribution in [2.45, 2.75) is 26.2 Å². The Hall–Kier alpha value is -1.35. The lowest BCUT2D eigenvalue weighted by molar-refractivity contribution is -0.138. The maximum Gasteiger partial charge on any atom is 0.227 e. The number of nitrogens with zero attached hydrogens (tertiary/aromatic N) is 3. The monoisotopic (exact) mass is 457 g/mol. The van der Waals surface area contributed by atoms with E-state index in [0.29, 0.717) is 50.0 Å². The van der Waals surface area contributed by atoms with E-state index < -0.39 is 10.0 Å². The van der Waals surface area contributed by atoms with E-state index in [2.05, 4.69) is 4.90 Å². The number of hydrogen-bond donors (Lipinski definition) is 0. The Kier molecular flexibility index (Phi) is 8.39. The summed E-state index contributed by atoms with van der Waals surface area (Å²) in [6.45, 7) is 6.97. The van der Waals surface area contributed by atoms with E-state index >= 15 is 0 Å². The van der Waals surface area contributed by atoms with Crippen molar-refractivity contribution in [1.82, 2.24) is 14.1 Å². The van der Waals surface area contributed by atoms with Crippen molar-refractivity contribution in [3.63, 3.8) is 0 Å². The second-order valence-corrected chi connectivity index (χ2v) is 10.5. The highest BCUT2D eigenvalue weighted by Crippen LogP contribution is 2.24. The maximum atomic E-state index is 13.0. The molecule has 7 nitrogen and oxygen atoms in total. The zero-order valence-electron chi connectivity index (χ0n) is 17.6. The molecule has 0 N–H and O–H groups in total. The number of ether oxygens (including phenoxy) is 1. The quantitative estimate of drug-likeness (QED) is 0.599. The summed E-state index contributed by atoms with van der Waals surface area (Å²) in [5.41, 5.74) is 0. The average molecular weight is 458 g/mol. The number of para-hydroxylation sites is 1. The van der Waals surface area contributed by atoms with Gasteiger partial charge >= 0.3 is 0 Å². The van der Waals surface area contributed by atoms with Gasteiger partial charge in [0.15, 0.2) is 0 Å². The van der Waals surface area contributed by atoms with Gasteiger partial charge in [-0.3, -0.25) is 9.69 Å². The molecule has 1 unspecified atom stereocenters. The molecule has 0 spiro atoms. The highest BCUT2D eigenvalue weighted by Gasteiger charge is 2.34. The minimum absolute atomic E-state index is 0.0957. The molecule has 2 heterocycles. The number of carbonyl (C=O) groups excluding carboxylic acids is 1. The van der Waals surface area contributed by atoms with E-state index in [0.717, 1.165) is 32.5 Å². The summed E-state index contributed by atoms with van der Waals surface area (Å²) in [4.78, 5) is 17.1. The van der Waals surface area contributed by atoms with Crippen LogP contribution in [0.25, 0.3) is 0 Å². The van der Waals surface area contributed by atoms with Gasteiger partial charge in [-0.1, -0.05) is 30.7 Å². The van der Waals surface area contributed by atoms with Crippen LogP contribution in [0.1, 0.15) is 26.2 Å². The van der Waals surface area contributed by atoms with Crippen LogP contribution < -0.4 is 4.74 Å². The first-order valence-corrected chi connectivity index (χ1v) is 12.8. The van der Waals surface area contributed by atoms with E-state index in [1.165, 1.54) is 4.31 Å². The van der Waals surface area contributed by atoms with Gasteiger partial charge in [-0.15, -0.1) is 0 Å². The highest BCUT2D eigenvalue weighted by atomic mass is 35.5. The molecule has 2 aliphatic heterocycles. The van der Waals surface area contributed by atoms with E-state index in [1.54, 1.807) is 6.07 Å². The first-order valence-electron chi connectivity index (χ1n) is 10.8. The van der Waals surface area contributed by atoms with Crippen molar-refractivity contribution in [2.75, 3.05) is 58.2 Å². The zero-order chi connectivity index (χ0) is 21.6. The van der Waals surface area contributed by atoms with Crippen LogP contribution in [0.2, 0.25) is 5.02 Å². The maximum absolute atomic E-state index is 13.0. The average Bonchev–Trinajstić information content (AvgIpc) is 2.75. The van der Waals surface area contributed by atoms with Gasteiger partial charge < -0.3 is 9.64 Å². The molecule has 0 radical (unpaired) electrons. The van der Waals surface area contributed by atoms with Gasteiger partial charge in [0.25, 0.3) is 0 Å². The standard InChI is InChI=1S/C21H32ClN3O4S/c1-2-16-30(27,28)25-9-5-6-18(17-25)21(26)24-12-10-23(11-13-24)14-15-29-20-8-4-3-7-19(20)22/h3-4,7-8,18H,2,5-6,9-17H2,1H3. The topological polar surface area (TPSA) is 70.2 Å². The van der Waals surface area contributed by atoms with Crippen LogP contribution in [0.3, 0.4) is 0 Å². The Morgan fingerprint density at radius 3 is 2.60 bits per heavy atom. The van der Waals surface area contributed by atoms with E-state index in [4.69, 9.17) is 16.3 Å². The number of piperazine rings is 1. The van der Waals surface area contributed by atoms with Crippen LogP contribution in [0.4, 0.5) is 0 Å². The van der Waals surface area contributed by atoms with Crippen molar-refractivity contribution >= 4 is 27.5 Å². The molecular formula is C21H32ClN3O4S. The molecule has 1 aromatic carbocycles. The molecule has 1 atom stereocenters. The van der Waals surface area contributed by atoms with Gasteiger partial charge in [0, 0.05) is 45.8 Å². The summed E-state index contributed by atoms with van der Waals surface area (Å²) in [6.07, 6.45) is 2.11. The summed E-state index contributed by atoms with van der Waals surface area (Å²) in [5.74, 6) is 0.717. The molecule has 0 bridgehead atoms. The Morgan fingerprint density at radius 1 is 1.17 bits per heavy atom. The molecule has 2 aliphatic rings.